The van der Waals surface area contributed by atoms with E-state index in [0.717, 1.165) is 28.9 Å². The summed E-state index contributed by atoms with van der Waals surface area (Å²) in [7, 11) is 0. The molecule has 0 aromatic heterocycles. The maximum Gasteiger partial charge on any atom is 0.513 e. The molecule has 2 aromatic rings. The number of aryl methyl sites for hydroxylation is 2. The average Bonchev–Trinajstić information content (AvgIpc) is 2.57. The minimum Gasteiger partial charge on any atom is -0.432 e. The second-order valence-electron chi connectivity index (χ2n) is 5.82. The van der Waals surface area contributed by atoms with Crippen molar-refractivity contribution >= 4 is 11.8 Å². The average molecular weight is 327 g/mol. The van der Waals surface area contributed by atoms with Crippen LogP contribution >= 0.6 is 0 Å². The summed E-state index contributed by atoms with van der Waals surface area (Å²) in [4.78, 5) is 14.1. The highest BCUT2D eigenvalue weighted by Crippen LogP contribution is 2.23. The second-order valence-corrected chi connectivity index (χ2v) is 5.82. The number of nitrogens with zero attached hydrogens (tertiary/aromatic N) is 1. The Morgan fingerprint density at radius 3 is 2.46 bits per heavy atom. The van der Waals surface area contributed by atoms with Crippen LogP contribution in [0.3, 0.4) is 0 Å². The van der Waals surface area contributed by atoms with Gasteiger partial charge in [0.15, 0.2) is 0 Å². The molecule has 0 heterocycles. The Balaban J connectivity index is 1.87. The van der Waals surface area contributed by atoms with Crippen LogP contribution in [0.5, 0.6) is 5.75 Å². The van der Waals surface area contributed by atoms with Gasteiger partial charge >= 0.3 is 6.16 Å². The fourth-order valence-electron chi connectivity index (χ4n) is 2.57. The molecule has 0 saturated heterocycles. The van der Waals surface area contributed by atoms with Crippen LogP contribution in [0.4, 0.5) is 10.5 Å². The third-order valence-electron chi connectivity index (χ3n) is 4.04. The summed E-state index contributed by atoms with van der Waals surface area (Å²) in [6.45, 7) is 9.74. The SMILES string of the molecule is CCN(CCOC(=O)Oc1cc(C)cc(C)c1C)c1ccccc1. The molecule has 0 saturated carbocycles. The Bertz CT molecular complexity index is 683. The first kappa shape index (κ1) is 17.9. The van der Waals surface area contributed by atoms with Gasteiger partial charge in [0.1, 0.15) is 12.4 Å². The third-order valence-corrected chi connectivity index (χ3v) is 4.04. The predicted molar refractivity (Wildman–Crippen MR) is 97.0 cm³/mol. The summed E-state index contributed by atoms with van der Waals surface area (Å²) in [5.41, 5.74) is 4.22. The maximum atomic E-state index is 11.9. The highest BCUT2D eigenvalue weighted by molar-refractivity contribution is 5.65. The Morgan fingerprint density at radius 2 is 1.79 bits per heavy atom. The van der Waals surface area contributed by atoms with Crippen LogP contribution in [0.2, 0.25) is 0 Å². The van der Waals surface area contributed by atoms with E-state index in [1.165, 1.54) is 0 Å². The molecule has 128 valence electrons. The predicted octanol–water partition coefficient (Wildman–Crippen LogP) is 4.65. The van der Waals surface area contributed by atoms with Crippen LogP contribution in [-0.4, -0.2) is 25.9 Å². The molecule has 4 nitrogen and oxygen atoms in total. The first-order chi connectivity index (χ1) is 11.5. The molecule has 4 heteroatoms. The molecule has 0 atom stereocenters. The lowest BCUT2D eigenvalue weighted by Gasteiger charge is -2.22. The monoisotopic (exact) mass is 327 g/mol. The van der Waals surface area contributed by atoms with E-state index in [-0.39, 0.29) is 6.61 Å². The fourth-order valence-corrected chi connectivity index (χ4v) is 2.57. The highest BCUT2D eigenvalue weighted by Gasteiger charge is 2.11. The Labute approximate surface area is 144 Å². The van der Waals surface area contributed by atoms with Gasteiger partial charge in [0.2, 0.25) is 0 Å². The van der Waals surface area contributed by atoms with E-state index in [4.69, 9.17) is 9.47 Å². The highest BCUT2D eigenvalue weighted by atomic mass is 16.7. The number of likely N-dealkylation sites (N-methyl/N-ethyl adjacent to an activating group) is 1. The van der Waals surface area contributed by atoms with Gasteiger partial charge in [-0.05, 0) is 62.6 Å². The maximum absolute atomic E-state index is 11.9. The van der Waals surface area contributed by atoms with Crippen LogP contribution in [0.1, 0.15) is 23.6 Å². The van der Waals surface area contributed by atoms with E-state index in [9.17, 15) is 4.79 Å². The molecule has 0 unspecified atom stereocenters. The van der Waals surface area contributed by atoms with E-state index < -0.39 is 6.16 Å². The van der Waals surface area contributed by atoms with Crippen molar-refractivity contribution in [2.45, 2.75) is 27.7 Å². The minimum absolute atomic E-state index is 0.283. The summed E-state index contributed by atoms with van der Waals surface area (Å²) in [5.74, 6) is 0.563. The molecule has 2 rings (SSSR count). The van der Waals surface area contributed by atoms with E-state index in [2.05, 4.69) is 17.9 Å². The lowest BCUT2D eigenvalue weighted by Crippen LogP contribution is -2.28. The fraction of sp³-hybridized carbons (Fsp3) is 0.350. The van der Waals surface area contributed by atoms with Crippen molar-refractivity contribution < 1.29 is 14.3 Å². The molecule has 0 amide bonds. The summed E-state index contributed by atoms with van der Waals surface area (Å²) in [6, 6.07) is 14.0. The third kappa shape index (κ3) is 4.75. The quantitative estimate of drug-likeness (QED) is 0.572. The summed E-state index contributed by atoms with van der Waals surface area (Å²) in [6.07, 6.45) is -0.660. The zero-order valence-corrected chi connectivity index (χ0v) is 14.8. The van der Waals surface area contributed by atoms with Gasteiger partial charge in [-0.2, -0.15) is 0 Å². The molecule has 0 radical (unpaired) electrons. The lowest BCUT2D eigenvalue weighted by molar-refractivity contribution is 0.101. The Kier molecular flexibility index (Phi) is 6.24. The van der Waals surface area contributed by atoms with Crippen LogP contribution in [0.25, 0.3) is 0 Å². The van der Waals surface area contributed by atoms with Crippen LogP contribution in [-0.2, 0) is 4.74 Å². The van der Waals surface area contributed by atoms with Gasteiger partial charge in [-0.25, -0.2) is 4.79 Å². The number of ether oxygens (including phenoxy) is 2. The van der Waals surface area contributed by atoms with E-state index in [0.29, 0.717) is 12.3 Å². The topological polar surface area (TPSA) is 38.8 Å². The zero-order valence-electron chi connectivity index (χ0n) is 14.8. The number of carbonyl (C=O) groups excluding carboxylic acids is 1. The number of benzene rings is 2. The molecular formula is C20H25NO3. The zero-order chi connectivity index (χ0) is 17.5. The Hall–Kier alpha value is -2.49. The molecule has 0 N–H and O–H groups in total. The number of anilines is 1. The molecule has 0 aliphatic carbocycles. The van der Waals surface area contributed by atoms with Gasteiger partial charge in [0.05, 0.1) is 6.54 Å². The van der Waals surface area contributed by atoms with Gasteiger partial charge in [0, 0.05) is 12.2 Å². The second kappa shape index (κ2) is 8.39. The van der Waals surface area contributed by atoms with Gasteiger partial charge in [0.25, 0.3) is 0 Å². The number of hydrogen-bond acceptors (Lipinski definition) is 4. The minimum atomic E-state index is -0.660. The number of carbonyl (C=O) groups is 1. The van der Waals surface area contributed by atoms with Crippen molar-refractivity contribution in [2.75, 3.05) is 24.6 Å². The molecule has 2 aromatic carbocycles. The molecule has 0 spiro atoms. The molecule has 24 heavy (non-hydrogen) atoms. The first-order valence-corrected chi connectivity index (χ1v) is 8.23. The summed E-state index contributed by atoms with van der Waals surface area (Å²) >= 11 is 0. The number of rotatable bonds is 6. The molecule has 0 aliphatic rings. The normalized spacial score (nSPS) is 10.3. The van der Waals surface area contributed by atoms with Crippen LogP contribution in [0, 0.1) is 20.8 Å². The molecule has 0 fully saturated rings. The largest absolute Gasteiger partial charge is 0.513 e. The van der Waals surface area contributed by atoms with E-state index >= 15 is 0 Å². The number of para-hydroxylation sites is 1. The lowest BCUT2D eigenvalue weighted by atomic mass is 10.1. The van der Waals surface area contributed by atoms with Gasteiger partial charge in [-0.3, -0.25) is 0 Å². The van der Waals surface area contributed by atoms with Crippen molar-refractivity contribution in [1.29, 1.82) is 0 Å². The van der Waals surface area contributed by atoms with Crippen molar-refractivity contribution in [3.05, 3.63) is 59.2 Å². The Morgan fingerprint density at radius 1 is 1.08 bits per heavy atom. The van der Waals surface area contributed by atoms with Crippen LogP contribution in [0.15, 0.2) is 42.5 Å². The molecule has 0 aliphatic heterocycles. The van der Waals surface area contributed by atoms with Crippen molar-refractivity contribution in [2.24, 2.45) is 0 Å². The van der Waals surface area contributed by atoms with Crippen LogP contribution < -0.4 is 9.64 Å². The van der Waals surface area contributed by atoms with E-state index in [1.54, 1.807) is 0 Å². The molecule has 0 bridgehead atoms. The number of hydrogen-bond donors (Lipinski definition) is 0. The smallest absolute Gasteiger partial charge is 0.432 e. The van der Waals surface area contributed by atoms with Gasteiger partial charge in [-0.15, -0.1) is 0 Å². The van der Waals surface area contributed by atoms with Gasteiger partial charge in [-0.1, -0.05) is 24.3 Å². The van der Waals surface area contributed by atoms with Crippen molar-refractivity contribution in [1.82, 2.24) is 0 Å². The standard InChI is InChI=1S/C20H25NO3/c1-5-21(18-9-7-6-8-10-18)11-12-23-20(22)24-19-14-15(2)13-16(3)17(19)4/h6-10,13-14H,5,11-12H2,1-4H3. The first-order valence-electron chi connectivity index (χ1n) is 8.23. The van der Waals surface area contributed by atoms with Crippen molar-refractivity contribution in [3.63, 3.8) is 0 Å². The van der Waals surface area contributed by atoms with Crippen molar-refractivity contribution in [3.8, 4) is 5.75 Å². The molecular weight excluding hydrogens is 302 g/mol. The summed E-state index contributed by atoms with van der Waals surface area (Å²) < 4.78 is 10.6. The summed E-state index contributed by atoms with van der Waals surface area (Å²) in [5, 5.41) is 0. The van der Waals surface area contributed by atoms with E-state index in [1.807, 2.05) is 57.2 Å². The van der Waals surface area contributed by atoms with Gasteiger partial charge < -0.3 is 14.4 Å².